The Bertz CT molecular complexity index is 1800. The Morgan fingerprint density at radius 3 is 1.09 bits per heavy atom. The maximum absolute atomic E-state index is 13.7. The Hall–Kier alpha value is -2.81. The van der Waals surface area contributed by atoms with Crippen LogP contribution in [0.2, 0.25) is 0 Å². The Morgan fingerprint density at radius 2 is 0.719 bits per heavy atom. The van der Waals surface area contributed by atoms with E-state index in [9.17, 15) is 19.0 Å². The van der Waals surface area contributed by atoms with Gasteiger partial charge in [0.15, 0.2) is 0 Å². The largest absolute Gasteiger partial charge is 0.472 e. The number of ether oxygens (including phenoxy) is 1. The predicted molar refractivity (Wildman–Crippen MR) is 388 cm³/mol. The molecule has 0 saturated carbocycles. The summed E-state index contributed by atoms with van der Waals surface area (Å²) in [6.07, 6.45) is 91.7. The van der Waals surface area contributed by atoms with Gasteiger partial charge >= 0.3 is 13.8 Å². The van der Waals surface area contributed by atoms with E-state index in [1.165, 1.54) is 231 Å². The van der Waals surface area contributed by atoms with Crippen molar-refractivity contribution >= 4 is 19.7 Å². The normalized spacial score (nSPS) is 13.9. The van der Waals surface area contributed by atoms with Crippen LogP contribution in [-0.2, 0) is 27.9 Å². The minimum absolute atomic E-state index is 0.0383. The van der Waals surface area contributed by atoms with E-state index in [4.69, 9.17) is 13.8 Å². The van der Waals surface area contributed by atoms with Crippen LogP contribution < -0.4 is 5.32 Å². The molecule has 0 rings (SSSR count). The molecule has 9 nitrogen and oxygen atoms in total. The van der Waals surface area contributed by atoms with Gasteiger partial charge in [0, 0.05) is 12.8 Å². The molecular formula is C79H146N2O7P+. The van der Waals surface area contributed by atoms with Crippen molar-refractivity contribution in [3.63, 3.8) is 0 Å². The number of esters is 1. The third-order valence-electron chi connectivity index (χ3n) is 16.8. The molecule has 0 bridgehead atoms. The smallest absolute Gasteiger partial charge is 0.456 e. The van der Waals surface area contributed by atoms with Crippen LogP contribution in [0, 0.1) is 0 Å². The number of quaternary nitrogens is 1. The number of carbonyl (C=O) groups excluding carboxylic acids is 2. The summed E-state index contributed by atoms with van der Waals surface area (Å²) in [7, 11) is 1.50. The number of phosphoric acid groups is 1. The Morgan fingerprint density at radius 1 is 0.404 bits per heavy atom. The second-order valence-corrected chi connectivity index (χ2v) is 28.2. The van der Waals surface area contributed by atoms with Gasteiger partial charge in [0.2, 0.25) is 5.91 Å². The molecule has 0 aliphatic heterocycles. The molecule has 0 aliphatic carbocycles. The molecule has 0 fully saturated rings. The van der Waals surface area contributed by atoms with Gasteiger partial charge in [-0.1, -0.05) is 324 Å². The number of rotatable bonds is 69. The summed E-state index contributed by atoms with van der Waals surface area (Å²) < 4.78 is 30.9. The number of hydrogen-bond donors (Lipinski definition) is 2. The van der Waals surface area contributed by atoms with Gasteiger partial charge in [-0.15, -0.1) is 0 Å². The second-order valence-electron chi connectivity index (χ2n) is 26.8. The molecular weight excluding hydrogens is 1120 g/mol. The quantitative estimate of drug-likeness (QED) is 0.0205. The zero-order chi connectivity index (χ0) is 64.9. The van der Waals surface area contributed by atoms with E-state index in [0.717, 1.165) is 89.9 Å². The van der Waals surface area contributed by atoms with E-state index in [-0.39, 0.29) is 25.1 Å². The fourth-order valence-electron chi connectivity index (χ4n) is 11.0. The summed E-state index contributed by atoms with van der Waals surface area (Å²) in [5.74, 6) is -0.497. The highest BCUT2D eigenvalue weighted by molar-refractivity contribution is 7.47. The number of unbranched alkanes of at least 4 members (excludes halogenated alkanes) is 41. The highest BCUT2D eigenvalue weighted by atomic mass is 31.2. The SMILES string of the molecule is CC/C=C\C/C=C\C/C=C\C/C=C\C/C=C\CCCCCCCCCCCCCC(=O)NC(COP(=O)(O)OCC[N+](C)(C)C)C(/C=C\CCCCCCCCCCCCC)OC(=O)CCCCCCCCCCCCCCC/C=C/CCCCCCCC. The lowest BCUT2D eigenvalue weighted by Gasteiger charge is -2.27. The Labute approximate surface area is 552 Å². The summed E-state index contributed by atoms with van der Waals surface area (Å²) >= 11 is 0. The van der Waals surface area contributed by atoms with Crippen molar-refractivity contribution < 1.29 is 37.3 Å². The van der Waals surface area contributed by atoms with Crippen molar-refractivity contribution in [2.75, 3.05) is 40.9 Å². The number of phosphoric ester groups is 1. The van der Waals surface area contributed by atoms with Crippen LogP contribution in [0.1, 0.15) is 355 Å². The lowest BCUT2D eigenvalue weighted by molar-refractivity contribution is -0.870. The van der Waals surface area contributed by atoms with Gasteiger partial charge in [0.1, 0.15) is 19.3 Å². The third kappa shape index (κ3) is 69.4. The van der Waals surface area contributed by atoms with Crippen molar-refractivity contribution in [1.29, 1.82) is 0 Å². The number of hydrogen-bond acceptors (Lipinski definition) is 6. The van der Waals surface area contributed by atoms with Gasteiger partial charge in [-0.2, -0.15) is 0 Å². The van der Waals surface area contributed by atoms with E-state index in [1.54, 1.807) is 0 Å². The van der Waals surface area contributed by atoms with Gasteiger partial charge in [0.05, 0.1) is 33.8 Å². The summed E-state index contributed by atoms with van der Waals surface area (Å²) in [6.45, 7) is 6.94. The van der Waals surface area contributed by atoms with E-state index in [2.05, 4.69) is 99.0 Å². The highest BCUT2D eigenvalue weighted by Crippen LogP contribution is 2.43. The molecule has 0 aromatic carbocycles. The zero-order valence-corrected chi connectivity index (χ0v) is 60.3. The number of nitrogens with one attached hydrogen (secondary N) is 1. The van der Waals surface area contributed by atoms with Crippen LogP contribution in [0.3, 0.4) is 0 Å². The summed E-state index contributed by atoms with van der Waals surface area (Å²) in [6, 6.07) is -0.854. The number of carbonyl (C=O) groups is 2. The predicted octanol–water partition coefficient (Wildman–Crippen LogP) is 24.5. The topological polar surface area (TPSA) is 111 Å². The van der Waals surface area contributed by atoms with Crippen molar-refractivity contribution in [1.82, 2.24) is 5.32 Å². The van der Waals surface area contributed by atoms with Gasteiger partial charge in [-0.3, -0.25) is 18.6 Å². The molecule has 0 heterocycles. The standard InChI is InChI=1S/C79H145N2O7P/c1-7-10-13-16-19-22-25-28-30-32-34-36-38-39-40-41-43-44-46-48-50-53-56-59-62-65-68-71-78(82)80-76(75-87-89(84,85)86-74-73-81(4,5)6)77(70-67-64-61-58-55-52-27-24-21-18-15-12-9-3)88-79(83)72-69-66-63-60-57-54-51-49-47-45-42-37-35-33-31-29-26-23-20-17-14-11-8-2/h10,13,19,22,28-31,34,36,39-40,67,70,76-77H,7-9,11-12,14-18,20-21,23-27,32-33,35,37-38,41-66,68-69,71-75H2,1-6H3,(H-,80,82,84,85)/p+1/b13-10-,22-19-,30-28-,31-29+,36-34-,40-39-,70-67-. The Kier molecular flexibility index (Phi) is 65.9. The molecule has 3 unspecified atom stereocenters. The molecule has 1 amide bonds. The van der Waals surface area contributed by atoms with E-state index in [1.807, 2.05) is 33.3 Å². The van der Waals surface area contributed by atoms with Crippen molar-refractivity contribution in [2.45, 2.75) is 367 Å². The van der Waals surface area contributed by atoms with Gasteiger partial charge < -0.3 is 19.4 Å². The maximum atomic E-state index is 13.7. The van der Waals surface area contributed by atoms with Crippen LogP contribution in [0.25, 0.3) is 0 Å². The van der Waals surface area contributed by atoms with Crippen LogP contribution in [0.5, 0.6) is 0 Å². The summed E-state index contributed by atoms with van der Waals surface area (Å²) in [5.41, 5.74) is 0. The monoisotopic (exact) mass is 1270 g/mol. The number of nitrogens with zero attached hydrogens (tertiary/aromatic N) is 1. The first-order valence-corrected chi connectivity index (χ1v) is 39.4. The molecule has 518 valence electrons. The van der Waals surface area contributed by atoms with Crippen LogP contribution in [0.4, 0.5) is 0 Å². The molecule has 0 radical (unpaired) electrons. The van der Waals surface area contributed by atoms with Crippen LogP contribution in [0.15, 0.2) is 85.1 Å². The van der Waals surface area contributed by atoms with Gasteiger partial charge in [-0.25, -0.2) is 4.57 Å². The summed E-state index contributed by atoms with van der Waals surface area (Å²) in [5, 5.41) is 3.08. The third-order valence-corrected chi connectivity index (χ3v) is 17.8. The van der Waals surface area contributed by atoms with Crippen LogP contribution in [-0.4, -0.2) is 74.3 Å². The highest BCUT2D eigenvalue weighted by Gasteiger charge is 2.30. The van der Waals surface area contributed by atoms with Crippen molar-refractivity contribution in [3.8, 4) is 0 Å². The average molecular weight is 1270 g/mol. The van der Waals surface area contributed by atoms with E-state index in [0.29, 0.717) is 23.9 Å². The average Bonchev–Trinajstić information content (AvgIpc) is 3.65. The fraction of sp³-hybridized carbons (Fsp3) is 0.797. The van der Waals surface area contributed by atoms with E-state index >= 15 is 0 Å². The van der Waals surface area contributed by atoms with Crippen molar-refractivity contribution in [2.24, 2.45) is 0 Å². The molecule has 10 heteroatoms. The maximum Gasteiger partial charge on any atom is 0.472 e. The van der Waals surface area contributed by atoms with Crippen molar-refractivity contribution in [3.05, 3.63) is 85.1 Å². The lowest BCUT2D eigenvalue weighted by atomic mass is 10.0. The number of allylic oxidation sites excluding steroid dienone is 13. The van der Waals surface area contributed by atoms with Gasteiger partial charge in [-0.05, 0) is 102 Å². The van der Waals surface area contributed by atoms with E-state index < -0.39 is 20.0 Å². The first kappa shape index (κ1) is 86.2. The molecule has 3 atom stereocenters. The minimum atomic E-state index is -4.46. The molecule has 89 heavy (non-hydrogen) atoms. The molecule has 2 N–H and O–H groups in total. The Balaban J connectivity index is 5.03. The molecule has 0 aromatic heterocycles. The molecule has 0 aliphatic rings. The lowest BCUT2D eigenvalue weighted by Crippen LogP contribution is -2.47. The summed E-state index contributed by atoms with van der Waals surface area (Å²) in [4.78, 5) is 38.0. The second kappa shape index (κ2) is 68.1. The first-order chi connectivity index (χ1) is 43.4. The molecule has 0 aromatic rings. The number of likely N-dealkylation sites (N-methyl/N-ethyl adjacent to an activating group) is 1. The minimum Gasteiger partial charge on any atom is -0.456 e. The molecule has 0 spiro atoms. The fourth-order valence-corrected chi connectivity index (χ4v) is 11.8. The first-order valence-electron chi connectivity index (χ1n) is 37.9. The zero-order valence-electron chi connectivity index (χ0n) is 59.4. The van der Waals surface area contributed by atoms with Crippen LogP contribution >= 0.6 is 7.82 Å². The van der Waals surface area contributed by atoms with Gasteiger partial charge in [0.25, 0.3) is 0 Å². The molecule has 0 saturated heterocycles. The number of amides is 1.